The van der Waals surface area contributed by atoms with Crippen molar-refractivity contribution in [2.24, 2.45) is 10.7 Å². The molecule has 266 valence electrons. The number of hydrogen-bond acceptors (Lipinski definition) is 17. The van der Waals surface area contributed by atoms with Crippen LogP contribution in [0.4, 0.5) is 11.8 Å². The van der Waals surface area contributed by atoms with Gasteiger partial charge in [0.05, 0.1) is 25.2 Å². The molecule has 2 aromatic rings. The van der Waals surface area contributed by atoms with Crippen LogP contribution in [-0.2, 0) is 32.6 Å². The summed E-state index contributed by atoms with van der Waals surface area (Å²) in [5, 5.41) is 24.1. The van der Waals surface area contributed by atoms with E-state index in [1.807, 2.05) is 13.8 Å². The molecule has 5 heterocycles. The van der Waals surface area contributed by atoms with Crippen molar-refractivity contribution >= 4 is 31.2 Å². The lowest BCUT2D eigenvalue weighted by Gasteiger charge is -2.27. The van der Waals surface area contributed by atoms with E-state index in [9.17, 15) is 24.5 Å². The number of unbranched alkanes of at least 4 members (excludes halogenated alkanes) is 2. The van der Waals surface area contributed by atoms with Gasteiger partial charge in [0.25, 0.3) is 0 Å². The molecule has 5 rings (SSSR count). The molecule has 0 amide bonds. The van der Waals surface area contributed by atoms with Crippen LogP contribution in [0.15, 0.2) is 29.0 Å². The predicted molar refractivity (Wildman–Crippen MR) is 167 cm³/mol. The van der Waals surface area contributed by atoms with Crippen LogP contribution in [0.25, 0.3) is 5.70 Å². The molecule has 0 radical (unpaired) electrons. The number of hydrogen-bond donors (Lipinski definition) is 6. The Bertz CT molecular complexity index is 1570. The Morgan fingerprint density at radius 1 is 1.02 bits per heavy atom. The molecular weight excluding hydrogens is 657 g/mol. The third-order valence-corrected chi connectivity index (χ3v) is 8.89. The summed E-state index contributed by atoms with van der Waals surface area (Å²) >= 11 is 0. The van der Waals surface area contributed by atoms with E-state index in [4.69, 9.17) is 39.5 Å². The van der Waals surface area contributed by atoms with Crippen molar-refractivity contribution in [3.8, 4) is 0 Å². The third-order valence-electron chi connectivity index (χ3n) is 7.90. The molecular formula is C27H42N9O11P. The summed E-state index contributed by atoms with van der Waals surface area (Å²) in [4.78, 5) is 39.5. The van der Waals surface area contributed by atoms with E-state index in [1.165, 1.54) is 10.9 Å². The van der Waals surface area contributed by atoms with E-state index in [0.717, 1.165) is 23.7 Å². The number of phosphoric acid groups is 1. The van der Waals surface area contributed by atoms with Crippen LogP contribution < -0.4 is 22.5 Å². The van der Waals surface area contributed by atoms with Crippen LogP contribution in [0.1, 0.15) is 57.7 Å². The lowest BCUT2D eigenvalue weighted by atomic mass is 10.1. The second-order valence-corrected chi connectivity index (χ2v) is 12.8. The Hall–Kier alpha value is -3.30. The van der Waals surface area contributed by atoms with Gasteiger partial charge in [0.2, 0.25) is 5.95 Å². The Morgan fingerprint density at radius 3 is 2.33 bits per heavy atom. The van der Waals surface area contributed by atoms with Crippen molar-refractivity contribution in [1.29, 1.82) is 0 Å². The van der Waals surface area contributed by atoms with E-state index >= 15 is 0 Å². The maximum Gasteiger partial charge on any atom is 0.472 e. The minimum absolute atomic E-state index is 0.0702. The van der Waals surface area contributed by atoms with Gasteiger partial charge in [-0.2, -0.15) is 9.98 Å². The molecule has 20 nitrogen and oxygen atoms in total. The largest absolute Gasteiger partial charge is 0.472 e. The number of anilines is 1. The Kier molecular flexibility index (Phi) is 11.6. The normalized spacial score (nSPS) is 29.8. The number of nitrogens with two attached hydrogens (primary N) is 2. The highest BCUT2D eigenvalue weighted by Gasteiger charge is 2.52. The first-order valence-corrected chi connectivity index (χ1v) is 17.0. The molecule has 2 aromatic heterocycles. The predicted octanol–water partition coefficient (Wildman–Crippen LogP) is -0.342. The second-order valence-electron chi connectivity index (χ2n) is 11.3. The number of guanidine groups is 1. The highest BCUT2D eigenvalue weighted by atomic mass is 31.2. The van der Waals surface area contributed by atoms with Crippen molar-refractivity contribution in [3.63, 3.8) is 0 Å². The number of aliphatic hydroxyl groups is 2. The summed E-state index contributed by atoms with van der Waals surface area (Å²) in [6, 6.07) is 0. The standard InChI is InChI=1S/C27H42N9O11P/c1-4-6-8-42-20-18(38)16(46-23(20)36-13-31-25(28)34-27(36)39)11-44-48(40,41)47-19-15(10-37)45-24(21(19)43-9-7-5-2)35-12-30-17-14(3)32-26(29)33-22(17)35/h12-13,15-16,18-21,23-24,37-38H,3-11H2,1-2H3,(H,40,41)(H2,28,34,39)(H3,29,32,33)/t15-,16-,18+,19+,20?,21?,23-,24-/m1/s1. The summed E-state index contributed by atoms with van der Waals surface area (Å²) in [6.45, 7) is 7.05. The van der Waals surface area contributed by atoms with E-state index in [2.05, 4.69) is 31.8 Å². The summed E-state index contributed by atoms with van der Waals surface area (Å²) in [6.07, 6.45) is -3.95. The number of fused-ring (bicyclic) bond motifs is 1. The fourth-order valence-electron chi connectivity index (χ4n) is 5.47. The van der Waals surface area contributed by atoms with Crippen LogP contribution in [0.5, 0.6) is 0 Å². The van der Waals surface area contributed by atoms with Gasteiger partial charge < -0.3 is 50.8 Å². The average Bonchev–Trinajstić information content (AvgIpc) is 3.70. The van der Waals surface area contributed by atoms with E-state index in [1.54, 1.807) is 0 Å². The maximum absolute atomic E-state index is 13.4. The number of imidazole rings is 1. The fraction of sp³-hybridized carbons (Fsp3) is 0.667. The van der Waals surface area contributed by atoms with E-state index in [0.29, 0.717) is 30.1 Å². The first-order chi connectivity index (χ1) is 23.0. The van der Waals surface area contributed by atoms with Crippen LogP contribution in [0, 0.1) is 0 Å². The molecule has 8 N–H and O–H groups in total. The van der Waals surface area contributed by atoms with Crippen molar-refractivity contribution in [3.05, 3.63) is 35.4 Å². The topological polar surface area (TPSA) is 275 Å². The van der Waals surface area contributed by atoms with Gasteiger partial charge in [-0.05, 0) is 12.8 Å². The highest BCUT2D eigenvalue weighted by molar-refractivity contribution is 7.47. The molecule has 9 atom stereocenters. The maximum atomic E-state index is 13.4. The van der Waals surface area contributed by atoms with Crippen LogP contribution in [0.2, 0.25) is 0 Å². The molecule has 0 bridgehead atoms. The van der Waals surface area contributed by atoms with Gasteiger partial charge in [-0.15, -0.1) is 0 Å². The fourth-order valence-corrected chi connectivity index (χ4v) is 6.43. The minimum atomic E-state index is -4.96. The number of nitrogen functional groups attached to an aromatic ring is 1. The minimum Gasteiger partial charge on any atom is -0.394 e. The van der Waals surface area contributed by atoms with Gasteiger partial charge in [-0.1, -0.05) is 33.3 Å². The van der Waals surface area contributed by atoms with Crippen molar-refractivity contribution in [2.45, 2.75) is 88.6 Å². The van der Waals surface area contributed by atoms with Crippen molar-refractivity contribution in [1.82, 2.24) is 29.4 Å². The van der Waals surface area contributed by atoms with Gasteiger partial charge in [-0.25, -0.2) is 19.3 Å². The molecule has 0 spiro atoms. The molecule has 0 aliphatic carbocycles. The molecule has 3 unspecified atom stereocenters. The molecule has 3 aliphatic rings. The second kappa shape index (κ2) is 15.5. The monoisotopic (exact) mass is 699 g/mol. The van der Waals surface area contributed by atoms with Crippen LogP contribution in [-0.4, -0.2) is 108 Å². The number of aliphatic hydroxyl groups excluding tert-OH is 2. The van der Waals surface area contributed by atoms with Crippen molar-refractivity contribution in [2.75, 3.05) is 32.2 Å². The Morgan fingerprint density at radius 2 is 1.67 bits per heavy atom. The molecule has 21 heteroatoms. The lowest BCUT2D eigenvalue weighted by Crippen LogP contribution is -2.39. The smallest absolute Gasteiger partial charge is 0.394 e. The average molecular weight is 700 g/mol. The molecule has 2 saturated heterocycles. The summed E-state index contributed by atoms with van der Waals surface area (Å²) in [7, 11) is -4.96. The van der Waals surface area contributed by atoms with Gasteiger partial charge in [0, 0.05) is 13.2 Å². The zero-order chi connectivity index (χ0) is 34.6. The number of nitrogens with one attached hydrogen (secondary N) is 1. The number of aromatic nitrogens is 5. The summed E-state index contributed by atoms with van der Waals surface area (Å²) in [5.41, 5.74) is 11.4. The summed E-state index contributed by atoms with van der Waals surface area (Å²) < 4.78 is 50.7. The summed E-state index contributed by atoms with van der Waals surface area (Å²) in [5.74, 6) is 0.121. The van der Waals surface area contributed by atoms with Crippen molar-refractivity contribution < 1.29 is 47.7 Å². The number of phosphoric ester groups is 1. The molecule has 48 heavy (non-hydrogen) atoms. The highest BCUT2D eigenvalue weighted by Crippen LogP contribution is 2.50. The molecule has 0 saturated carbocycles. The van der Waals surface area contributed by atoms with Crippen LogP contribution >= 0.6 is 7.82 Å². The number of nitrogens with zero attached hydrogens (tertiary/aromatic N) is 6. The zero-order valence-corrected chi connectivity index (χ0v) is 27.4. The van der Waals surface area contributed by atoms with E-state index in [-0.39, 0.29) is 25.1 Å². The first kappa shape index (κ1) is 36.0. The van der Waals surface area contributed by atoms with Gasteiger partial charge >= 0.3 is 13.5 Å². The molecule has 2 fully saturated rings. The van der Waals surface area contributed by atoms with Crippen LogP contribution in [0.3, 0.4) is 0 Å². The Labute approximate surface area is 275 Å². The molecule has 0 aromatic carbocycles. The third kappa shape index (κ3) is 7.78. The Balaban J connectivity index is 1.33. The quantitative estimate of drug-likeness (QED) is 0.0965. The zero-order valence-electron chi connectivity index (χ0n) is 26.5. The number of rotatable bonds is 16. The van der Waals surface area contributed by atoms with Gasteiger partial charge in [-0.3, -0.25) is 18.2 Å². The number of aliphatic imine (C=N–C) groups is 1. The lowest BCUT2D eigenvalue weighted by molar-refractivity contribution is -0.0775. The van der Waals surface area contributed by atoms with Gasteiger partial charge in [0.15, 0.2) is 24.2 Å². The van der Waals surface area contributed by atoms with E-state index < -0.39 is 75.8 Å². The number of ether oxygens (including phenoxy) is 4. The SMILES string of the molecule is C=C1NC(N)=Nc2c1ncn2[C@@H]1O[C@H](CO)[C@H](OP(=O)(O)OC[C@H]2O[C@@H](n3cnc(N)nc3=O)C(OCCCC)[C@H]2O)C1OCCCC. The molecule has 3 aliphatic heterocycles. The van der Waals surface area contributed by atoms with Gasteiger partial charge in [0.1, 0.15) is 48.6 Å². The first-order valence-electron chi connectivity index (χ1n) is 15.5.